The first-order valence-corrected chi connectivity index (χ1v) is 14.1. The molecule has 9 nitrogen and oxygen atoms in total. The van der Waals surface area contributed by atoms with Crippen LogP contribution in [0.25, 0.3) is 10.9 Å². The number of aryl methyl sites for hydroxylation is 1. The number of carboxylic acid groups (broad SMARTS) is 1. The number of ether oxygens (including phenoxy) is 1. The van der Waals surface area contributed by atoms with Crippen LogP contribution in [-0.2, 0) is 16.2 Å². The van der Waals surface area contributed by atoms with Gasteiger partial charge in [-0.25, -0.2) is 4.98 Å². The van der Waals surface area contributed by atoms with Gasteiger partial charge in [0.1, 0.15) is 24.1 Å². The van der Waals surface area contributed by atoms with E-state index in [9.17, 15) is 19.5 Å². The number of aliphatic carboxylic acids is 1. The van der Waals surface area contributed by atoms with E-state index >= 15 is 0 Å². The van der Waals surface area contributed by atoms with Crippen molar-refractivity contribution in [3.05, 3.63) is 102 Å². The van der Waals surface area contributed by atoms with Crippen LogP contribution in [0.15, 0.2) is 84.9 Å². The average Bonchev–Trinajstić information content (AvgIpc) is 3.01. The minimum Gasteiger partial charge on any atom is -0.488 e. The Balaban J connectivity index is 1.31. The molecular weight excluding hydrogens is 532 g/mol. The number of amides is 2. The van der Waals surface area contributed by atoms with Crippen LogP contribution >= 0.6 is 0 Å². The molecule has 42 heavy (non-hydrogen) atoms. The molecule has 4 aromatic rings. The number of hydrogen-bond donors (Lipinski definition) is 2. The fourth-order valence-corrected chi connectivity index (χ4v) is 5.10. The van der Waals surface area contributed by atoms with Gasteiger partial charge in [0.15, 0.2) is 0 Å². The van der Waals surface area contributed by atoms with Gasteiger partial charge in [-0.3, -0.25) is 14.4 Å². The molecule has 2 amide bonds. The highest BCUT2D eigenvalue weighted by Gasteiger charge is 2.30. The summed E-state index contributed by atoms with van der Waals surface area (Å²) in [4.78, 5) is 46.9. The molecule has 2 heterocycles. The normalized spacial score (nSPS) is 13.9. The number of aromatic nitrogens is 1. The summed E-state index contributed by atoms with van der Waals surface area (Å²) >= 11 is 0. The van der Waals surface area contributed by atoms with Crippen LogP contribution in [0.4, 0.5) is 5.69 Å². The predicted octanol–water partition coefficient (Wildman–Crippen LogP) is 4.43. The Labute approximate surface area is 244 Å². The van der Waals surface area contributed by atoms with Crippen molar-refractivity contribution < 1.29 is 24.2 Å². The zero-order valence-corrected chi connectivity index (χ0v) is 23.5. The van der Waals surface area contributed by atoms with Gasteiger partial charge in [0, 0.05) is 49.7 Å². The third-order valence-corrected chi connectivity index (χ3v) is 7.36. The third-order valence-electron chi connectivity index (χ3n) is 7.36. The average molecular weight is 567 g/mol. The molecule has 2 N–H and O–H groups in total. The van der Waals surface area contributed by atoms with Gasteiger partial charge in [-0.05, 0) is 48.7 Å². The van der Waals surface area contributed by atoms with Crippen LogP contribution in [0, 0.1) is 6.92 Å². The van der Waals surface area contributed by atoms with Crippen molar-refractivity contribution in [2.75, 3.05) is 31.1 Å². The van der Waals surface area contributed by atoms with E-state index < -0.39 is 17.9 Å². The maximum absolute atomic E-state index is 13.6. The molecule has 1 fully saturated rings. The molecule has 0 aliphatic carbocycles. The number of rotatable bonds is 10. The van der Waals surface area contributed by atoms with Crippen molar-refractivity contribution in [2.45, 2.75) is 32.4 Å². The van der Waals surface area contributed by atoms with Gasteiger partial charge in [-0.1, -0.05) is 54.6 Å². The van der Waals surface area contributed by atoms with Crippen LogP contribution in [0.3, 0.4) is 0 Å². The summed E-state index contributed by atoms with van der Waals surface area (Å²) < 4.78 is 6.10. The van der Waals surface area contributed by atoms with Gasteiger partial charge < -0.3 is 25.0 Å². The lowest BCUT2D eigenvalue weighted by Crippen LogP contribution is -2.55. The zero-order chi connectivity index (χ0) is 29.5. The van der Waals surface area contributed by atoms with E-state index in [0.717, 1.165) is 16.6 Å². The molecule has 3 aromatic carbocycles. The summed E-state index contributed by atoms with van der Waals surface area (Å²) in [5.74, 6) is -1.40. The molecule has 1 aliphatic rings. The van der Waals surface area contributed by atoms with Crippen LogP contribution in [0.1, 0.15) is 34.5 Å². The first kappa shape index (κ1) is 28.6. The number of fused-ring (bicyclic) bond motifs is 1. The van der Waals surface area contributed by atoms with Crippen molar-refractivity contribution in [3.63, 3.8) is 0 Å². The maximum atomic E-state index is 13.6. The molecule has 5 rings (SSSR count). The van der Waals surface area contributed by atoms with Gasteiger partial charge in [-0.2, -0.15) is 0 Å². The minimum absolute atomic E-state index is 0.0249. The molecule has 1 atom stereocenters. The summed E-state index contributed by atoms with van der Waals surface area (Å²) in [6.45, 7) is 4.58. The molecule has 0 radical (unpaired) electrons. The van der Waals surface area contributed by atoms with Crippen molar-refractivity contribution >= 4 is 34.4 Å². The third kappa shape index (κ3) is 7.04. The predicted molar refractivity (Wildman–Crippen MR) is 161 cm³/mol. The molecule has 1 saturated heterocycles. The summed E-state index contributed by atoms with van der Waals surface area (Å²) in [7, 11) is 0. The number of para-hydroxylation sites is 1. The highest BCUT2D eigenvalue weighted by molar-refractivity contribution is 5.99. The lowest BCUT2D eigenvalue weighted by atomic mass is 10.1. The highest BCUT2D eigenvalue weighted by Crippen LogP contribution is 2.27. The summed E-state index contributed by atoms with van der Waals surface area (Å²) in [6.07, 6.45) is -0.278. The van der Waals surface area contributed by atoms with Crippen LogP contribution in [-0.4, -0.2) is 65.0 Å². The molecule has 1 aliphatic heterocycles. The van der Waals surface area contributed by atoms with Crippen molar-refractivity contribution in [1.82, 2.24) is 15.2 Å². The number of nitrogens with zero attached hydrogens (tertiary/aromatic N) is 3. The molecule has 0 spiro atoms. The van der Waals surface area contributed by atoms with E-state index in [0.29, 0.717) is 44.1 Å². The number of anilines is 1. The topological polar surface area (TPSA) is 112 Å². The smallest absolute Gasteiger partial charge is 0.303 e. The second-order valence-electron chi connectivity index (χ2n) is 10.4. The van der Waals surface area contributed by atoms with E-state index in [1.165, 1.54) is 5.56 Å². The number of pyridine rings is 1. The molecule has 0 unspecified atom stereocenters. The lowest BCUT2D eigenvalue weighted by molar-refractivity contribution is -0.138. The van der Waals surface area contributed by atoms with Crippen LogP contribution < -0.4 is 15.0 Å². The standard InChI is InChI=1S/C33H34N4O5/c1-23-8-7-11-25(20-23)36-16-18-37(19-17-36)33(41)28(14-15-31(38)39)35-32(40)29-21-30(26-12-5-6-13-27(26)34-29)42-22-24-9-3-2-4-10-24/h2-13,20-21,28H,14-19,22H2,1H3,(H,35,40)(H,38,39)/t28-/m0/s1. The summed E-state index contributed by atoms with van der Waals surface area (Å²) in [5, 5.41) is 12.9. The largest absolute Gasteiger partial charge is 0.488 e. The van der Waals surface area contributed by atoms with E-state index in [4.69, 9.17) is 4.74 Å². The number of carbonyl (C=O) groups excluding carboxylic acids is 2. The Morgan fingerprint density at radius 1 is 0.929 bits per heavy atom. The summed E-state index contributed by atoms with van der Waals surface area (Å²) in [5.41, 5.74) is 3.91. The van der Waals surface area contributed by atoms with E-state index in [-0.39, 0.29) is 24.4 Å². The Bertz CT molecular complexity index is 1570. The first-order valence-electron chi connectivity index (χ1n) is 14.1. The molecule has 9 heteroatoms. The molecule has 0 bridgehead atoms. The second-order valence-corrected chi connectivity index (χ2v) is 10.4. The van der Waals surface area contributed by atoms with E-state index in [2.05, 4.69) is 27.3 Å². The van der Waals surface area contributed by atoms with Crippen LogP contribution in [0.2, 0.25) is 0 Å². The van der Waals surface area contributed by atoms with E-state index in [1.807, 2.05) is 67.6 Å². The number of hydrogen-bond acceptors (Lipinski definition) is 6. The zero-order valence-electron chi connectivity index (χ0n) is 23.5. The molecule has 1 aromatic heterocycles. The quantitative estimate of drug-likeness (QED) is 0.292. The number of carbonyl (C=O) groups is 3. The Morgan fingerprint density at radius 2 is 1.67 bits per heavy atom. The minimum atomic E-state index is -1.04. The van der Waals surface area contributed by atoms with Crippen molar-refractivity contribution in [1.29, 1.82) is 0 Å². The van der Waals surface area contributed by atoms with E-state index in [1.54, 1.807) is 17.0 Å². The Hall–Kier alpha value is -4.92. The molecule has 216 valence electrons. The van der Waals surface area contributed by atoms with Crippen molar-refractivity contribution in [2.24, 2.45) is 0 Å². The SMILES string of the molecule is Cc1cccc(N2CCN(C(=O)[C@H](CCC(=O)O)NC(=O)c3cc(OCc4ccccc4)c4ccccc4n3)CC2)c1. The second kappa shape index (κ2) is 13.2. The monoisotopic (exact) mass is 566 g/mol. The van der Waals surface area contributed by atoms with Crippen molar-refractivity contribution in [3.8, 4) is 5.75 Å². The molecule has 0 saturated carbocycles. The van der Waals surface area contributed by atoms with Gasteiger partial charge in [-0.15, -0.1) is 0 Å². The Kier molecular flexibility index (Phi) is 8.96. The van der Waals surface area contributed by atoms with Gasteiger partial charge in [0.25, 0.3) is 5.91 Å². The number of nitrogens with one attached hydrogen (secondary N) is 1. The lowest BCUT2D eigenvalue weighted by Gasteiger charge is -2.37. The van der Waals surface area contributed by atoms with Gasteiger partial charge >= 0.3 is 5.97 Å². The number of benzene rings is 3. The highest BCUT2D eigenvalue weighted by atomic mass is 16.5. The van der Waals surface area contributed by atoms with Crippen LogP contribution in [0.5, 0.6) is 5.75 Å². The Morgan fingerprint density at radius 3 is 2.40 bits per heavy atom. The molecular formula is C33H34N4O5. The van der Waals surface area contributed by atoms with Gasteiger partial charge in [0.2, 0.25) is 5.91 Å². The fraction of sp³-hybridized carbons (Fsp3) is 0.273. The van der Waals surface area contributed by atoms with Gasteiger partial charge in [0.05, 0.1) is 5.52 Å². The number of carboxylic acids is 1. The fourth-order valence-electron chi connectivity index (χ4n) is 5.10. The first-order chi connectivity index (χ1) is 20.4. The maximum Gasteiger partial charge on any atom is 0.303 e. The number of piperazine rings is 1. The summed E-state index contributed by atoms with van der Waals surface area (Å²) in [6, 6.07) is 25.9.